The van der Waals surface area contributed by atoms with Gasteiger partial charge in [0.1, 0.15) is 6.29 Å². The molecular weight excluding hydrogens is 290 g/mol. The number of anilines is 1. The van der Waals surface area contributed by atoms with Gasteiger partial charge in [-0.2, -0.15) is 0 Å². The summed E-state index contributed by atoms with van der Waals surface area (Å²) in [7, 11) is 0. The van der Waals surface area contributed by atoms with Crippen LogP contribution in [0.15, 0.2) is 24.3 Å². The van der Waals surface area contributed by atoms with Crippen LogP contribution in [0.2, 0.25) is 0 Å². The normalized spacial score (nSPS) is 19.3. The molecule has 1 atom stereocenters. The number of benzene rings is 1. The van der Waals surface area contributed by atoms with Gasteiger partial charge in [-0.05, 0) is 29.5 Å². The van der Waals surface area contributed by atoms with E-state index >= 15 is 0 Å². The van der Waals surface area contributed by atoms with Crippen LogP contribution in [0.25, 0.3) is 0 Å². The summed E-state index contributed by atoms with van der Waals surface area (Å²) in [4.78, 5) is 36.5. The van der Waals surface area contributed by atoms with Crippen molar-refractivity contribution in [3.8, 4) is 0 Å². The van der Waals surface area contributed by atoms with Crippen molar-refractivity contribution in [2.24, 2.45) is 11.3 Å². The number of hydrogen-bond acceptors (Lipinski definition) is 3. The van der Waals surface area contributed by atoms with E-state index in [1.54, 1.807) is 6.92 Å². The van der Waals surface area contributed by atoms with Gasteiger partial charge in [-0.15, -0.1) is 0 Å². The Labute approximate surface area is 137 Å². The molecule has 4 nitrogen and oxygen atoms in total. The third kappa shape index (κ3) is 3.52. The molecule has 2 rings (SSSR count). The molecule has 1 heterocycles. The predicted molar refractivity (Wildman–Crippen MR) is 90.2 cm³/mol. The molecule has 0 aromatic heterocycles. The van der Waals surface area contributed by atoms with E-state index in [4.69, 9.17) is 0 Å². The molecule has 1 aromatic rings. The highest BCUT2D eigenvalue weighted by molar-refractivity contribution is 6.20. The van der Waals surface area contributed by atoms with Gasteiger partial charge in [-0.3, -0.25) is 14.5 Å². The number of carbonyl (C=O) groups is 3. The zero-order valence-corrected chi connectivity index (χ0v) is 14.6. The summed E-state index contributed by atoms with van der Waals surface area (Å²) in [5.41, 5.74) is 1.15. The average molecular weight is 315 g/mol. The van der Waals surface area contributed by atoms with Crippen molar-refractivity contribution in [3.05, 3.63) is 29.8 Å². The maximum absolute atomic E-state index is 12.1. The molecule has 0 bridgehead atoms. The summed E-state index contributed by atoms with van der Waals surface area (Å²) < 4.78 is 0. The van der Waals surface area contributed by atoms with Gasteiger partial charge >= 0.3 is 0 Å². The second-order valence-corrected chi connectivity index (χ2v) is 7.89. The minimum atomic E-state index is -0.390. The fraction of sp³-hybridized carbons (Fsp3) is 0.526. The highest BCUT2D eigenvalue weighted by Crippen LogP contribution is 2.36. The lowest BCUT2D eigenvalue weighted by Gasteiger charge is -2.32. The number of aldehydes is 1. The molecule has 0 radical (unpaired) electrons. The summed E-state index contributed by atoms with van der Waals surface area (Å²) in [6, 6.07) is 7.52. The number of carbonyl (C=O) groups excluding carboxylic acids is 3. The van der Waals surface area contributed by atoms with Crippen molar-refractivity contribution in [1.82, 2.24) is 0 Å². The molecule has 2 amide bonds. The molecule has 23 heavy (non-hydrogen) atoms. The number of imide groups is 1. The van der Waals surface area contributed by atoms with Gasteiger partial charge < -0.3 is 4.79 Å². The fourth-order valence-corrected chi connectivity index (χ4v) is 3.40. The lowest BCUT2D eigenvalue weighted by atomic mass is 9.72. The second-order valence-electron chi connectivity index (χ2n) is 7.89. The Hall–Kier alpha value is -1.97. The lowest BCUT2D eigenvalue weighted by molar-refractivity contribution is -0.122. The molecule has 0 aliphatic carbocycles. The van der Waals surface area contributed by atoms with E-state index in [2.05, 4.69) is 13.8 Å². The predicted octanol–water partition coefficient (Wildman–Crippen LogP) is 3.48. The topological polar surface area (TPSA) is 54.5 Å². The molecule has 0 saturated carbocycles. The Morgan fingerprint density at radius 2 is 1.70 bits per heavy atom. The zero-order valence-electron chi connectivity index (χ0n) is 14.6. The maximum atomic E-state index is 12.1. The summed E-state index contributed by atoms with van der Waals surface area (Å²) >= 11 is 0. The van der Waals surface area contributed by atoms with Crippen LogP contribution in [-0.4, -0.2) is 18.1 Å². The Bertz CT molecular complexity index is 629. The third-order valence-electron chi connectivity index (χ3n) is 4.50. The summed E-state index contributed by atoms with van der Waals surface area (Å²) in [6.07, 6.45) is 1.99. The van der Waals surface area contributed by atoms with Gasteiger partial charge in [0.2, 0.25) is 11.8 Å². The molecule has 1 aliphatic rings. The van der Waals surface area contributed by atoms with Crippen molar-refractivity contribution in [1.29, 1.82) is 0 Å². The Morgan fingerprint density at radius 3 is 2.13 bits per heavy atom. The summed E-state index contributed by atoms with van der Waals surface area (Å²) in [5.74, 6) is -0.521. The minimum absolute atomic E-state index is 0.135. The fourth-order valence-electron chi connectivity index (χ4n) is 3.40. The van der Waals surface area contributed by atoms with E-state index < -0.39 is 5.41 Å². The Balaban J connectivity index is 2.24. The standard InChI is InChI=1S/C19H25NO3/c1-13-10-16(22)20(17(13)23)15-8-6-14(7-9-15)19(4,5)11-18(2,3)12-21/h6-9,12-13H,10-11H2,1-5H3. The van der Waals surface area contributed by atoms with Gasteiger partial charge in [0, 0.05) is 17.8 Å². The number of nitrogens with zero attached hydrogens (tertiary/aromatic N) is 1. The van der Waals surface area contributed by atoms with Gasteiger partial charge in [-0.25, -0.2) is 0 Å². The molecule has 0 N–H and O–H groups in total. The van der Waals surface area contributed by atoms with E-state index in [0.717, 1.165) is 18.3 Å². The molecule has 4 heteroatoms. The maximum Gasteiger partial charge on any atom is 0.237 e. The van der Waals surface area contributed by atoms with Crippen LogP contribution in [0, 0.1) is 11.3 Å². The molecule has 1 unspecified atom stereocenters. The molecule has 1 aromatic carbocycles. The van der Waals surface area contributed by atoms with Crippen LogP contribution in [-0.2, 0) is 19.8 Å². The number of rotatable bonds is 5. The van der Waals surface area contributed by atoms with Crippen LogP contribution in [0.1, 0.15) is 53.0 Å². The second kappa shape index (κ2) is 5.91. The number of amides is 2. The summed E-state index contributed by atoms with van der Waals surface area (Å²) in [6.45, 7) is 9.83. The SMILES string of the molecule is CC1CC(=O)N(c2ccc(C(C)(C)CC(C)(C)C=O)cc2)C1=O. The molecule has 0 spiro atoms. The molecule has 1 saturated heterocycles. The molecule has 1 fully saturated rings. The van der Waals surface area contributed by atoms with Gasteiger partial charge in [0.25, 0.3) is 0 Å². The van der Waals surface area contributed by atoms with Crippen molar-refractivity contribution >= 4 is 23.8 Å². The lowest BCUT2D eigenvalue weighted by Crippen LogP contribution is -2.30. The van der Waals surface area contributed by atoms with E-state index in [1.165, 1.54) is 4.90 Å². The van der Waals surface area contributed by atoms with Crippen molar-refractivity contribution < 1.29 is 14.4 Å². The Morgan fingerprint density at radius 1 is 1.13 bits per heavy atom. The van der Waals surface area contributed by atoms with E-state index in [-0.39, 0.29) is 29.6 Å². The third-order valence-corrected chi connectivity index (χ3v) is 4.50. The quantitative estimate of drug-likeness (QED) is 0.617. The largest absolute Gasteiger partial charge is 0.303 e. The van der Waals surface area contributed by atoms with Crippen LogP contribution >= 0.6 is 0 Å². The van der Waals surface area contributed by atoms with Crippen LogP contribution in [0.5, 0.6) is 0 Å². The highest BCUT2D eigenvalue weighted by atomic mass is 16.2. The van der Waals surface area contributed by atoms with Gasteiger partial charge in [0.15, 0.2) is 0 Å². The smallest absolute Gasteiger partial charge is 0.237 e. The Kier molecular flexibility index (Phi) is 4.47. The van der Waals surface area contributed by atoms with Crippen molar-refractivity contribution in [2.45, 2.75) is 52.9 Å². The van der Waals surface area contributed by atoms with Crippen LogP contribution in [0.3, 0.4) is 0 Å². The summed E-state index contributed by atoms with van der Waals surface area (Å²) in [5, 5.41) is 0. The monoisotopic (exact) mass is 315 g/mol. The van der Waals surface area contributed by atoms with Crippen LogP contribution < -0.4 is 4.90 Å². The van der Waals surface area contributed by atoms with Gasteiger partial charge in [0.05, 0.1) is 5.69 Å². The van der Waals surface area contributed by atoms with Crippen molar-refractivity contribution in [3.63, 3.8) is 0 Å². The average Bonchev–Trinajstić information content (AvgIpc) is 2.71. The van der Waals surface area contributed by atoms with Crippen LogP contribution in [0.4, 0.5) is 5.69 Å². The molecule has 124 valence electrons. The molecular formula is C19H25NO3. The van der Waals surface area contributed by atoms with E-state index in [0.29, 0.717) is 5.69 Å². The van der Waals surface area contributed by atoms with Gasteiger partial charge in [-0.1, -0.05) is 46.8 Å². The first-order valence-corrected chi connectivity index (χ1v) is 8.01. The first-order chi connectivity index (χ1) is 10.6. The van der Waals surface area contributed by atoms with Crippen molar-refractivity contribution in [2.75, 3.05) is 4.90 Å². The highest BCUT2D eigenvalue weighted by Gasteiger charge is 2.37. The van der Waals surface area contributed by atoms with E-state index in [1.807, 2.05) is 38.1 Å². The number of hydrogen-bond donors (Lipinski definition) is 0. The molecule has 1 aliphatic heterocycles. The first kappa shape index (κ1) is 17.4. The first-order valence-electron chi connectivity index (χ1n) is 8.01. The zero-order chi connectivity index (χ0) is 17.4. The minimum Gasteiger partial charge on any atom is -0.303 e. The van der Waals surface area contributed by atoms with E-state index in [9.17, 15) is 14.4 Å².